The number of carbonyl (C=O) groups is 1. The van der Waals surface area contributed by atoms with Gasteiger partial charge in [0.05, 0.1) is 5.56 Å². The minimum absolute atomic E-state index is 0.203. The number of alkyl halides is 3. The SMILES string of the molecule is C=CC(=O)O.CNCCC(Oc1ccc(C(F)(F)F)cc1)c1ccccc1. The van der Waals surface area contributed by atoms with Crippen LogP contribution in [0.1, 0.15) is 23.7 Å². The summed E-state index contributed by atoms with van der Waals surface area (Å²) in [6.45, 7) is 3.71. The van der Waals surface area contributed by atoms with E-state index in [-0.39, 0.29) is 6.10 Å². The molecule has 0 aliphatic carbocycles. The highest BCUT2D eigenvalue weighted by Crippen LogP contribution is 2.31. The molecule has 0 aliphatic rings. The molecule has 7 heteroatoms. The van der Waals surface area contributed by atoms with Gasteiger partial charge in [-0.3, -0.25) is 0 Å². The minimum Gasteiger partial charge on any atom is -0.486 e. The third-order valence-corrected chi connectivity index (χ3v) is 3.46. The lowest BCUT2D eigenvalue weighted by Crippen LogP contribution is -2.16. The number of ether oxygens (including phenoxy) is 1. The lowest BCUT2D eigenvalue weighted by atomic mass is 10.1. The third kappa shape index (κ3) is 8.42. The molecule has 0 saturated heterocycles. The zero-order valence-electron chi connectivity index (χ0n) is 14.9. The molecule has 0 saturated carbocycles. The number of carboxylic acid groups (broad SMARTS) is 1. The normalized spacial score (nSPS) is 11.7. The van der Waals surface area contributed by atoms with Gasteiger partial charge in [-0.25, -0.2) is 4.79 Å². The monoisotopic (exact) mass is 381 g/mol. The average Bonchev–Trinajstić information content (AvgIpc) is 2.66. The molecule has 0 spiro atoms. The van der Waals surface area contributed by atoms with E-state index in [1.807, 2.05) is 37.4 Å². The molecule has 0 bridgehead atoms. The van der Waals surface area contributed by atoms with Gasteiger partial charge < -0.3 is 15.2 Å². The van der Waals surface area contributed by atoms with Crippen molar-refractivity contribution in [3.8, 4) is 5.75 Å². The highest BCUT2D eigenvalue weighted by Gasteiger charge is 2.30. The van der Waals surface area contributed by atoms with Gasteiger partial charge in [-0.15, -0.1) is 0 Å². The lowest BCUT2D eigenvalue weighted by molar-refractivity contribution is -0.137. The predicted molar refractivity (Wildman–Crippen MR) is 97.6 cm³/mol. The van der Waals surface area contributed by atoms with Crippen LogP contribution in [0.3, 0.4) is 0 Å². The smallest absolute Gasteiger partial charge is 0.416 e. The van der Waals surface area contributed by atoms with Crippen LogP contribution in [-0.4, -0.2) is 24.7 Å². The molecule has 0 aromatic heterocycles. The Morgan fingerprint density at radius 1 is 1.19 bits per heavy atom. The maximum Gasteiger partial charge on any atom is 0.416 e. The number of benzene rings is 2. The fraction of sp³-hybridized carbons (Fsp3) is 0.250. The average molecular weight is 381 g/mol. The van der Waals surface area contributed by atoms with E-state index < -0.39 is 17.7 Å². The molecule has 0 fully saturated rings. The van der Waals surface area contributed by atoms with Crippen molar-refractivity contribution in [2.75, 3.05) is 13.6 Å². The van der Waals surface area contributed by atoms with Gasteiger partial charge in [0.25, 0.3) is 0 Å². The Hall–Kier alpha value is -2.80. The third-order valence-electron chi connectivity index (χ3n) is 3.46. The number of hydrogen-bond donors (Lipinski definition) is 2. The summed E-state index contributed by atoms with van der Waals surface area (Å²) in [5.41, 5.74) is 0.323. The maximum atomic E-state index is 12.6. The summed E-state index contributed by atoms with van der Waals surface area (Å²) in [6, 6.07) is 14.4. The summed E-state index contributed by atoms with van der Waals surface area (Å²) >= 11 is 0. The van der Waals surface area contributed by atoms with Crippen molar-refractivity contribution in [1.29, 1.82) is 0 Å². The Morgan fingerprint density at radius 3 is 2.19 bits per heavy atom. The van der Waals surface area contributed by atoms with Gasteiger partial charge in [0.1, 0.15) is 11.9 Å². The van der Waals surface area contributed by atoms with Gasteiger partial charge in [0.2, 0.25) is 0 Å². The van der Waals surface area contributed by atoms with Crippen molar-refractivity contribution in [3.63, 3.8) is 0 Å². The Morgan fingerprint density at radius 2 is 1.74 bits per heavy atom. The summed E-state index contributed by atoms with van der Waals surface area (Å²) in [6.07, 6.45) is -2.98. The van der Waals surface area contributed by atoms with Crippen LogP contribution < -0.4 is 10.1 Å². The number of nitrogens with one attached hydrogen (secondary N) is 1. The molecule has 2 aromatic rings. The number of carboxylic acids is 1. The first kappa shape index (κ1) is 22.2. The highest BCUT2D eigenvalue weighted by molar-refractivity contribution is 5.78. The van der Waals surface area contributed by atoms with Gasteiger partial charge in [-0.2, -0.15) is 13.2 Å². The molecule has 2 aromatic carbocycles. The number of hydrogen-bond acceptors (Lipinski definition) is 3. The molecule has 1 atom stereocenters. The molecule has 0 heterocycles. The van der Waals surface area contributed by atoms with Crippen LogP contribution in [0, 0.1) is 0 Å². The Balaban J connectivity index is 0.000000646. The molecular formula is C20H22F3NO3. The number of rotatable bonds is 7. The molecule has 2 N–H and O–H groups in total. The second-order valence-electron chi connectivity index (χ2n) is 5.47. The van der Waals surface area contributed by atoms with E-state index in [1.165, 1.54) is 12.1 Å². The highest BCUT2D eigenvalue weighted by atomic mass is 19.4. The second kappa shape index (κ2) is 11.0. The maximum absolute atomic E-state index is 12.6. The zero-order valence-corrected chi connectivity index (χ0v) is 14.9. The summed E-state index contributed by atoms with van der Waals surface area (Å²) in [4.78, 5) is 9.25. The van der Waals surface area contributed by atoms with Gasteiger partial charge in [0, 0.05) is 12.5 Å². The van der Waals surface area contributed by atoms with Crippen molar-refractivity contribution >= 4 is 5.97 Å². The van der Waals surface area contributed by atoms with Crippen LogP contribution in [-0.2, 0) is 11.0 Å². The van der Waals surface area contributed by atoms with Gasteiger partial charge >= 0.3 is 12.1 Å². The Kier molecular flexibility index (Phi) is 9.08. The van der Waals surface area contributed by atoms with E-state index in [2.05, 4.69) is 11.9 Å². The molecule has 0 amide bonds. The molecular weight excluding hydrogens is 359 g/mol. The van der Waals surface area contributed by atoms with Gasteiger partial charge in [-0.05, 0) is 43.4 Å². The molecule has 27 heavy (non-hydrogen) atoms. The predicted octanol–water partition coefficient (Wildman–Crippen LogP) is 4.69. The summed E-state index contributed by atoms with van der Waals surface area (Å²) < 4.78 is 43.6. The standard InChI is InChI=1S/C17H18F3NO.C3H4O2/c1-21-12-11-16(13-5-3-2-4-6-13)22-15-9-7-14(8-10-15)17(18,19)20;1-2-3(4)5/h2-10,16,21H,11-12H2,1H3;2H,1H2,(H,4,5). The van der Waals surface area contributed by atoms with Gasteiger partial charge in [-0.1, -0.05) is 36.9 Å². The van der Waals surface area contributed by atoms with Crippen LogP contribution in [0.15, 0.2) is 67.3 Å². The van der Waals surface area contributed by atoms with Crippen LogP contribution >= 0.6 is 0 Å². The van der Waals surface area contributed by atoms with E-state index in [4.69, 9.17) is 9.84 Å². The first-order chi connectivity index (χ1) is 12.8. The fourth-order valence-electron chi connectivity index (χ4n) is 2.12. The van der Waals surface area contributed by atoms with Crippen molar-refractivity contribution in [3.05, 3.63) is 78.4 Å². The van der Waals surface area contributed by atoms with Crippen molar-refractivity contribution in [2.24, 2.45) is 0 Å². The van der Waals surface area contributed by atoms with E-state index in [1.54, 1.807) is 0 Å². The minimum atomic E-state index is -4.33. The summed E-state index contributed by atoms with van der Waals surface area (Å²) in [5, 5.41) is 10.7. The van der Waals surface area contributed by atoms with Crippen molar-refractivity contribution in [1.82, 2.24) is 5.32 Å². The molecule has 0 aliphatic heterocycles. The van der Waals surface area contributed by atoms with E-state index in [0.29, 0.717) is 5.75 Å². The van der Waals surface area contributed by atoms with Crippen molar-refractivity contribution in [2.45, 2.75) is 18.7 Å². The van der Waals surface area contributed by atoms with Crippen LogP contribution in [0.4, 0.5) is 13.2 Å². The van der Waals surface area contributed by atoms with Crippen LogP contribution in [0.2, 0.25) is 0 Å². The molecule has 2 rings (SSSR count). The van der Waals surface area contributed by atoms with Gasteiger partial charge in [0.15, 0.2) is 0 Å². The van der Waals surface area contributed by atoms with Crippen molar-refractivity contribution < 1.29 is 27.8 Å². The molecule has 0 radical (unpaired) electrons. The molecule has 4 nitrogen and oxygen atoms in total. The quantitative estimate of drug-likeness (QED) is 0.683. The largest absolute Gasteiger partial charge is 0.486 e. The fourth-order valence-corrected chi connectivity index (χ4v) is 2.12. The number of halogens is 3. The lowest BCUT2D eigenvalue weighted by Gasteiger charge is -2.20. The first-order valence-electron chi connectivity index (χ1n) is 8.16. The summed E-state index contributed by atoms with van der Waals surface area (Å²) in [7, 11) is 1.85. The van der Waals surface area contributed by atoms with Crippen LogP contribution in [0.25, 0.3) is 0 Å². The van der Waals surface area contributed by atoms with E-state index in [9.17, 15) is 18.0 Å². The Bertz CT molecular complexity index is 701. The molecule has 146 valence electrons. The topological polar surface area (TPSA) is 58.6 Å². The van der Waals surface area contributed by atoms with Crippen LogP contribution in [0.5, 0.6) is 5.75 Å². The second-order valence-corrected chi connectivity index (χ2v) is 5.47. The molecule has 1 unspecified atom stereocenters. The van der Waals surface area contributed by atoms with E-state index in [0.717, 1.165) is 36.7 Å². The number of aliphatic carboxylic acids is 1. The summed E-state index contributed by atoms with van der Waals surface area (Å²) in [5.74, 6) is -0.553. The zero-order chi connectivity index (χ0) is 20.3. The Labute approximate surface area is 156 Å². The van der Waals surface area contributed by atoms with E-state index >= 15 is 0 Å². The first-order valence-corrected chi connectivity index (χ1v) is 8.16.